The quantitative estimate of drug-likeness (QED) is 0.291. The summed E-state index contributed by atoms with van der Waals surface area (Å²) in [4.78, 5) is 12.8. The number of nitrogens with one attached hydrogen (secondary N) is 1. The number of hydrogen-bond donors (Lipinski definition) is 1. The second-order valence-corrected chi connectivity index (χ2v) is 8.40. The van der Waals surface area contributed by atoms with E-state index in [1.54, 1.807) is 19.9 Å². The van der Waals surface area contributed by atoms with Gasteiger partial charge in [-0.15, -0.1) is 0 Å². The predicted octanol–water partition coefficient (Wildman–Crippen LogP) is 6.07. The SMILES string of the molecule is Cc1nn(Cc2cccc(C(F)(F)F)c2)c(C)c1NC(=O)c1ccn(COc2cccc(C(F)(F)F)c2)n1. The standard InChI is InChI=1S/C25H21F6N5O2/c1-15-22(16(2)36(33-15)13-17-5-3-6-18(11-17)24(26,27)28)32-23(37)21-9-10-35(34-21)14-38-20-8-4-7-19(12-20)25(29,30)31/h3-12H,13-14H2,1-2H3,(H,32,37). The molecule has 0 unspecified atom stereocenters. The summed E-state index contributed by atoms with van der Waals surface area (Å²) < 4.78 is 85.8. The maximum Gasteiger partial charge on any atom is 0.416 e. The molecule has 0 aliphatic heterocycles. The van der Waals surface area contributed by atoms with Crippen molar-refractivity contribution in [1.82, 2.24) is 19.6 Å². The average Bonchev–Trinajstić information content (AvgIpc) is 3.43. The fourth-order valence-electron chi connectivity index (χ4n) is 3.69. The molecule has 0 fully saturated rings. The third kappa shape index (κ3) is 6.15. The normalized spacial score (nSPS) is 12.0. The highest BCUT2D eigenvalue weighted by atomic mass is 19.4. The molecule has 0 atom stereocenters. The number of hydrogen-bond acceptors (Lipinski definition) is 4. The molecule has 1 amide bonds. The van der Waals surface area contributed by atoms with E-state index in [0.717, 1.165) is 24.3 Å². The van der Waals surface area contributed by atoms with Crippen LogP contribution in [0.4, 0.5) is 32.0 Å². The molecule has 38 heavy (non-hydrogen) atoms. The van der Waals surface area contributed by atoms with Crippen LogP contribution in [0.3, 0.4) is 0 Å². The van der Waals surface area contributed by atoms with Crippen molar-refractivity contribution in [2.45, 2.75) is 39.5 Å². The topological polar surface area (TPSA) is 74.0 Å². The Morgan fingerprint density at radius 1 is 0.921 bits per heavy atom. The molecule has 4 rings (SSSR count). The van der Waals surface area contributed by atoms with Crippen LogP contribution < -0.4 is 10.1 Å². The Hall–Kier alpha value is -4.29. The molecule has 1 N–H and O–H groups in total. The Bertz CT molecular complexity index is 1460. The lowest BCUT2D eigenvalue weighted by Gasteiger charge is -2.10. The van der Waals surface area contributed by atoms with E-state index < -0.39 is 29.4 Å². The molecular weight excluding hydrogens is 516 g/mol. The summed E-state index contributed by atoms with van der Waals surface area (Å²) in [7, 11) is 0. The largest absolute Gasteiger partial charge is 0.471 e. The highest BCUT2D eigenvalue weighted by Crippen LogP contribution is 2.32. The van der Waals surface area contributed by atoms with Crippen molar-refractivity contribution in [3.05, 3.63) is 94.6 Å². The highest BCUT2D eigenvalue weighted by molar-refractivity contribution is 6.03. The van der Waals surface area contributed by atoms with Crippen LogP contribution in [0.2, 0.25) is 0 Å². The summed E-state index contributed by atoms with van der Waals surface area (Å²) in [6, 6.07) is 10.7. The maximum absolute atomic E-state index is 13.0. The van der Waals surface area contributed by atoms with E-state index in [9.17, 15) is 31.1 Å². The summed E-state index contributed by atoms with van der Waals surface area (Å²) in [5, 5.41) is 11.1. The Morgan fingerprint density at radius 3 is 2.26 bits per heavy atom. The zero-order valence-electron chi connectivity index (χ0n) is 20.1. The van der Waals surface area contributed by atoms with Crippen molar-refractivity contribution in [1.29, 1.82) is 0 Å². The zero-order valence-corrected chi connectivity index (χ0v) is 20.1. The zero-order chi connectivity index (χ0) is 27.7. The molecule has 0 saturated heterocycles. The molecule has 2 heterocycles. The fraction of sp³-hybridized carbons (Fsp3) is 0.240. The summed E-state index contributed by atoms with van der Waals surface area (Å²) >= 11 is 0. The smallest absolute Gasteiger partial charge is 0.416 e. The summed E-state index contributed by atoms with van der Waals surface area (Å²) in [5.41, 5.74) is 0.157. The van der Waals surface area contributed by atoms with Crippen molar-refractivity contribution in [3.8, 4) is 5.75 Å². The Morgan fingerprint density at radius 2 is 1.58 bits per heavy atom. The number of halogens is 6. The summed E-state index contributed by atoms with van der Waals surface area (Å²) in [6.45, 7) is 3.15. The Labute approximate surface area is 212 Å². The van der Waals surface area contributed by atoms with Crippen molar-refractivity contribution >= 4 is 11.6 Å². The van der Waals surface area contributed by atoms with Crippen molar-refractivity contribution in [3.63, 3.8) is 0 Å². The number of rotatable bonds is 7. The van der Waals surface area contributed by atoms with E-state index in [2.05, 4.69) is 15.5 Å². The first kappa shape index (κ1) is 26.8. The minimum atomic E-state index is -4.51. The molecular formula is C25H21F6N5O2. The van der Waals surface area contributed by atoms with Crippen molar-refractivity contribution in [2.75, 3.05) is 5.32 Å². The van der Waals surface area contributed by atoms with Gasteiger partial charge in [0.2, 0.25) is 0 Å². The van der Waals surface area contributed by atoms with E-state index in [-0.39, 0.29) is 24.7 Å². The monoisotopic (exact) mass is 537 g/mol. The number of amides is 1. The molecule has 0 saturated carbocycles. The molecule has 0 aliphatic carbocycles. The lowest BCUT2D eigenvalue weighted by molar-refractivity contribution is -0.138. The lowest BCUT2D eigenvalue weighted by Crippen LogP contribution is -2.15. The third-order valence-electron chi connectivity index (χ3n) is 5.60. The molecule has 200 valence electrons. The van der Waals surface area contributed by atoms with Gasteiger partial charge in [0.15, 0.2) is 12.4 Å². The van der Waals surface area contributed by atoms with Gasteiger partial charge in [0.05, 0.1) is 34.7 Å². The molecule has 0 radical (unpaired) electrons. The molecule has 7 nitrogen and oxygen atoms in total. The van der Waals surface area contributed by atoms with Gasteiger partial charge in [-0.1, -0.05) is 18.2 Å². The lowest BCUT2D eigenvalue weighted by atomic mass is 10.1. The van der Waals surface area contributed by atoms with Crippen LogP contribution in [0.1, 0.15) is 38.6 Å². The molecule has 0 aliphatic rings. The first-order valence-electron chi connectivity index (χ1n) is 11.2. The van der Waals surface area contributed by atoms with E-state index in [0.29, 0.717) is 22.6 Å². The Balaban J connectivity index is 1.42. The second kappa shape index (κ2) is 10.2. The minimum absolute atomic E-state index is 0.0132. The number of aryl methyl sites for hydroxylation is 1. The van der Waals surface area contributed by atoms with E-state index in [1.165, 1.54) is 39.8 Å². The first-order valence-corrected chi connectivity index (χ1v) is 11.2. The predicted molar refractivity (Wildman–Crippen MR) is 124 cm³/mol. The Kier molecular flexibility index (Phi) is 7.20. The molecule has 13 heteroatoms. The van der Waals surface area contributed by atoms with Crippen LogP contribution in [0.25, 0.3) is 0 Å². The number of ether oxygens (including phenoxy) is 1. The third-order valence-corrected chi connectivity index (χ3v) is 5.60. The van der Waals surface area contributed by atoms with Crippen LogP contribution >= 0.6 is 0 Å². The van der Waals surface area contributed by atoms with E-state index >= 15 is 0 Å². The summed E-state index contributed by atoms with van der Waals surface area (Å²) in [5.74, 6) is -0.589. The van der Waals surface area contributed by atoms with Crippen LogP contribution in [-0.4, -0.2) is 25.5 Å². The van der Waals surface area contributed by atoms with E-state index in [1.807, 2.05) is 0 Å². The van der Waals surface area contributed by atoms with Gasteiger partial charge in [0, 0.05) is 6.20 Å². The van der Waals surface area contributed by atoms with Gasteiger partial charge in [0.1, 0.15) is 5.75 Å². The number of carbonyl (C=O) groups is 1. The number of benzene rings is 2. The number of carbonyl (C=O) groups excluding carboxylic acids is 1. The van der Waals surface area contributed by atoms with Gasteiger partial charge in [-0.05, 0) is 55.8 Å². The number of anilines is 1. The molecule has 2 aromatic carbocycles. The van der Waals surface area contributed by atoms with Crippen LogP contribution in [0, 0.1) is 13.8 Å². The van der Waals surface area contributed by atoms with Gasteiger partial charge in [-0.3, -0.25) is 9.48 Å². The molecule has 2 aromatic heterocycles. The highest BCUT2D eigenvalue weighted by Gasteiger charge is 2.31. The maximum atomic E-state index is 13.0. The molecule has 0 bridgehead atoms. The van der Waals surface area contributed by atoms with E-state index in [4.69, 9.17) is 4.74 Å². The second-order valence-electron chi connectivity index (χ2n) is 8.40. The van der Waals surface area contributed by atoms with Gasteiger partial charge in [-0.25, -0.2) is 4.68 Å². The van der Waals surface area contributed by atoms with Gasteiger partial charge in [0.25, 0.3) is 5.91 Å². The van der Waals surface area contributed by atoms with Gasteiger partial charge >= 0.3 is 12.4 Å². The molecule has 4 aromatic rings. The summed E-state index contributed by atoms with van der Waals surface area (Å²) in [6.07, 6.45) is -7.54. The van der Waals surface area contributed by atoms with Crippen LogP contribution in [0.5, 0.6) is 5.75 Å². The number of alkyl halides is 6. The van der Waals surface area contributed by atoms with Crippen LogP contribution in [0.15, 0.2) is 60.8 Å². The fourth-order valence-corrected chi connectivity index (χ4v) is 3.69. The number of aromatic nitrogens is 4. The number of nitrogens with zero attached hydrogens (tertiary/aromatic N) is 4. The average molecular weight is 537 g/mol. The van der Waals surface area contributed by atoms with Crippen LogP contribution in [-0.2, 0) is 25.6 Å². The van der Waals surface area contributed by atoms with Gasteiger partial charge < -0.3 is 10.1 Å². The minimum Gasteiger partial charge on any atom is -0.471 e. The van der Waals surface area contributed by atoms with Crippen molar-refractivity contribution < 1.29 is 35.9 Å². The van der Waals surface area contributed by atoms with Crippen molar-refractivity contribution in [2.24, 2.45) is 0 Å². The first-order chi connectivity index (χ1) is 17.8. The molecule has 0 spiro atoms. The van der Waals surface area contributed by atoms with Gasteiger partial charge in [-0.2, -0.15) is 36.5 Å².